The zero-order chi connectivity index (χ0) is 29.3. The number of amides is 2. The van der Waals surface area contributed by atoms with Gasteiger partial charge in [-0.3, -0.25) is 9.59 Å². The van der Waals surface area contributed by atoms with Gasteiger partial charge in [-0.15, -0.1) is 0 Å². The highest BCUT2D eigenvalue weighted by Gasteiger charge is 2.17. The van der Waals surface area contributed by atoms with E-state index in [9.17, 15) is 26.4 Å². The highest BCUT2D eigenvalue weighted by molar-refractivity contribution is 7.93. The molecule has 0 radical (unpaired) electrons. The van der Waals surface area contributed by atoms with Gasteiger partial charge in [0, 0.05) is 49.0 Å². The Bertz CT molecular complexity index is 1570. The van der Waals surface area contributed by atoms with Crippen LogP contribution in [0.5, 0.6) is 0 Å². The molecule has 2 heterocycles. The molecule has 0 spiro atoms. The molecule has 0 atom stereocenters. The summed E-state index contributed by atoms with van der Waals surface area (Å²) in [7, 11) is -7.80. The first kappa shape index (κ1) is 29.0. The molecule has 0 bridgehead atoms. The molecule has 0 saturated heterocycles. The molecule has 4 N–H and O–H groups in total. The highest BCUT2D eigenvalue weighted by atomic mass is 32.2. The summed E-state index contributed by atoms with van der Waals surface area (Å²) in [4.78, 5) is 39.8. The first-order chi connectivity index (χ1) is 19.6. The Labute approximate surface area is 235 Å². The topological polar surface area (TPSA) is 202 Å². The molecule has 0 aliphatic heterocycles. The van der Waals surface area contributed by atoms with Crippen LogP contribution in [0.1, 0.15) is 19.3 Å². The number of hydrogen-bond donors (Lipinski definition) is 4. The van der Waals surface area contributed by atoms with Crippen molar-refractivity contribution >= 4 is 55.1 Å². The fraction of sp³-hybridized carbons (Fsp3) is 0.120. The number of benzene rings is 2. The molecule has 0 saturated carbocycles. The molecular weight excluding hydrogens is 572 g/mol. The summed E-state index contributed by atoms with van der Waals surface area (Å²) >= 11 is 0. The minimum atomic E-state index is -3.90. The van der Waals surface area contributed by atoms with Crippen molar-refractivity contribution in [3.63, 3.8) is 0 Å². The van der Waals surface area contributed by atoms with Crippen LogP contribution < -0.4 is 20.1 Å². The van der Waals surface area contributed by atoms with Gasteiger partial charge in [-0.25, -0.2) is 46.2 Å². The van der Waals surface area contributed by atoms with Crippen LogP contribution in [0.3, 0.4) is 0 Å². The number of anilines is 4. The fourth-order valence-corrected chi connectivity index (χ4v) is 5.27. The maximum Gasteiger partial charge on any atom is 0.264 e. The maximum atomic E-state index is 12.4. The Morgan fingerprint density at radius 2 is 0.902 bits per heavy atom. The van der Waals surface area contributed by atoms with E-state index < -0.39 is 20.0 Å². The van der Waals surface area contributed by atoms with Crippen molar-refractivity contribution < 1.29 is 26.4 Å². The zero-order valence-corrected chi connectivity index (χ0v) is 22.9. The van der Waals surface area contributed by atoms with Crippen molar-refractivity contribution in [2.75, 3.05) is 20.1 Å². The Hall–Kier alpha value is -4.96. The van der Waals surface area contributed by atoms with E-state index in [0.717, 1.165) is 0 Å². The number of aromatic nitrogens is 4. The first-order valence-corrected chi connectivity index (χ1v) is 15.0. The van der Waals surface area contributed by atoms with Gasteiger partial charge in [0.05, 0.1) is 9.79 Å². The van der Waals surface area contributed by atoms with E-state index in [1.165, 1.54) is 73.3 Å². The number of nitrogens with one attached hydrogen (secondary N) is 4. The number of sulfonamides is 2. The SMILES string of the molecule is O=C(CCCC(=O)Nc1ccc(S(=O)(=O)Nc2ncccn2)cc1)Nc1ccc(S(=O)(=O)Nc2ncccn2)cc1. The van der Waals surface area contributed by atoms with Crippen LogP contribution in [-0.4, -0.2) is 48.6 Å². The zero-order valence-electron chi connectivity index (χ0n) is 21.3. The Kier molecular flexibility index (Phi) is 9.15. The smallest absolute Gasteiger partial charge is 0.264 e. The van der Waals surface area contributed by atoms with E-state index in [-0.39, 0.29) is 52.8 Å². The van der Waals surface area contributed by atoms with Gasteiger partial charge in [-0.2, -0.15) is 0 Å². The average Bonchev–Trinajstić information content (AvgIpc) is 2.94. The van der Waals surface area contributed by atoms with Crippen LogP contribution >= 0.6 is 0 Å². The maximum absolute atomic E-state index is 12.4. The summed E-state index contributed by atoms with van der Waals surface area (Å²) in [5.41, 5.74) is 0.774. The third-order valence-electron chi connectivity index (χ3n) is 5.29. The van der Waals surface area contributed by atoms with Gasteiger partial charge < -0.3 is 10.6 Å². The number of carbonyl (C=O) groups is 2. The third kappa shape index (κ3) is 8.51. The average molecular weight is 597 g/mol. The second-order valence-electron chi connectivity index (χ2n) is 8.35. The molecule has 14 nitrogen and oxygen atoms in total. The lowest BCUT2D eigenvalue weighted by molar-refractivity contribution is -0.117. The lowest BCUT2D eigenvalue weighted by atomic mass is 10.2. The summed E-state index contributed by atoms with van der Waals surface area (Å²) in [5.74, 6) is -0.835. The fourth-order valence-electron chi connectivity index (χ4n) is 3.35. The van der Waals surface area contributed by atoms with Crippen LogP contribution in [0, 0.1) is 0 Å². The van der Waals surface area contributed by atoms with Gasteiger partial charge in [0.25, 0.3) is 20.0 Å². The molecule has 2 aromatic heterocycles. The van der Waals surface area contributed by atoms with E-state index in [4.69, 9.17) is 0 Å². The minimum absolute atomic E-state index is 0.0354. The second-order valence-corrected chi connectivity index (χ2v) is 11.7. The largest absolute Gasteiger partial charge is 0.326 e. The number of hydrogen-bond acceptors (Lipinski definition) is 10. The van der Waals surface area contributed by atoms with Crippen LogP contribution in [0.15, 0.2) is 95.2 Å². The van der Waals surface area contributed by atoms with Crippen LogP contribution in [0.25, 0.3) is 0 Å². The minimum Gasteiger partial charge on any atom is -0.326 e. The molecule has 2 amide bonds. The van der Waals surface area contributed by atoms with Crippen molar-refractivity contribution in [2.45, 2.75) is 29.1 Å². The number of rotatable bonds is 12. The summed E-state index contributed by atoms with van der Waals surface area (Å²) in [6, 6.07) is 14.2. The van der Waals surface area contributed by atoms with Gasteiger partial charge in [0.2, 0.25) is 23.7 Å². The van der Waals surface area contributed by atoms with Crippen molar-refractivity contribution in [2.24, 2.45) is 0 Å². The summed E-state index contributed by atoms with van der Waals surface area (Å²) in [5, 5.41) is 5.30. The molecule has 0 aliphatic rings. The first-order valence-electron chi connectivity index (χ1n) is 12.0. The normalized spacial score (nSPS) is 11.3. The Balaban J connectivity index is 1.21. The molecule has 4 rings (SSSR count). The quantitative estimate of drug-likeness (QED) is 0.188. The van der Waals surface area contributed by atoms with Crippen molar-refractivity contribution in [1.29, 1.82) is 0 Å². The Morgan fingerprint density at radius 3 is 1.24 bits per heavy atom. The monoisotopic (exact) mass is 596 g/mol. The van der Waals surface area contributed by atoms with Crippen LogP contribution in [0.4, 0.5) is 23.3 Å². The molecule has 16 heteroatoms. The van der Waals surface area contributed by atoms with Gasteiger partial charge in [-0.05, 0) is 67.1 Å². The second kappa shape index (κ2) is 12.9. The van der Waals surface area contributed by atoms with Gasteiger partial charge in [-0.1, -0.05) is 0 Å². The lowest BCUT2D eigenvalue weighted by Crippen LogP contribution is -2.16. The summed E-state index contributed by atoms with van der Waals surface area (Å²) < 4.78 is 54.3. The van der Waals surface area contributed by atoms with E-state index in [1.54, 1.807) is 12.1 Å². The lowest BCUT2D eigenvalue weighted by Gasteiger charge is -2.09. The molecule has 41 heavy (non-hydrogen) atoms. The third-order valence-corrected chi connectivity index (χ3v) is 7.98. The van der Waals surface area contributed by atoms with Crippen LogP contribution in [0.2, 0.25) is 0 Å². The molecule has 0 aliphatic carbocycles. The van der Waals surface area contributed by atoms with Crippen molar-refractivity contribution in [1.82, 2.24) is 19.9 Å². The van der Waals surface area contributed by atoms with Crippen LogP contribution in [-0.2, 0) is 29.6 Å². The molecule has 0 fully saturated rings. The highest BCUT2D eigenvalue weighted by Crippen LogP contribution is 2.18. The number of nitrogens with zero attached hydrogens (tertiary/aromatic N) is 4. The van der Waals surface area contributed by atoms with E-state index in [0.29, 0.717) is 11.4 Å². The van der Waals surface area contributed by atoms with E-state index >= 15 is 0 Å². The number of carbonyl (C=O) groups excluding carboxylic acids is 2. The molecular formula is C25H24N8O6S2. The van der Waals surface area contributed by atoms with Gasteiger partial charge >= 0.3 is 0 Å². The molecule has 212 valence electrons. The summed E-state index contributed by atoms with van der Waals surface area (Å²) in [6.07, 6.45) is 5.96. The Morgan fingerprint density at radius 1 is 0.561 bits per heavy atom. The van der Waals surface area contributed by atoms with E-state index in [2.05, 4.69) is 40.0 Å². The standard InChI is InChI=1S/C25H24N8O6S2/c34-22(30-18-6-10-20(11-7-18)40(36,37)32-24-26-14-2-15-27-24)4-1-5-23(35)31-19-8-12-21(13-9-19)41(38,39)33-25-28-16-3-17-29-25/h2-3,6-17H,1,4-5H2,(H,30,34)(H,31,35)(H,26,27,32)(H,28,29,33). The molecule has 0 unspecified atom stereocenters. The summed E-state index contributed by atoms with van der Waals surface area (Å²) in [6.45, 7) is 0. The predicted molar refractivity (Wildman–Crippen MR) is 150 cm³/mol. The van der Waals surface area contributed by atoms with E-state index in [1.807, 2.05) is 0 Å². The van der Waals surface area contributed by atoms with Gasteiger partial charge in [0.15, 0.2) is 0 Å². The molecule has 4 aromatic rings. The predicted octanol–water partition coefficient (Wildman–Crippen LogP) is 2.62. The van der Waals surface area contributed by atoms with Crippen molar-refractivity contribution in [3.8, 4) is 0 Å². The van der Waals surface area contributed by atoms with Gasteiger partial charge in [0.1, 0.15) is 0 Å². The van der Waals surface area contributed by atoms with Crippen molar-refractivity contribution in [3.05, 3.63) is 85.5 Å². The molecule has 2 aromatic carbocycles.